The predicted molar refractivity (Wildman–Crippen MR) is 142 cm³/mol. The molecule has 7 nitrogen and oxygen atoms in total. The minimum atomic E-state index is -0.258. The zero-order valence-electron chi connectivity index (χ0n) is 19.5. The number of esters is 1. The van der Waals surface area contributed by atoms with Crippen LogP contribution in [0.15, 0.2) is 48.0 Å². The smallest absolute Gasteiger partial charge is 0.327 e. The number of aromatic nitrogens is 2. The van der Waals surface area contributed by atoms with Gasteiger partial charge in [-0.1, -0.05) is 18.2 Å². The summed E-state index contributed by atoms with van der Waals surface area (Å²) in [5.74, 6) is 0.669. The zero-order valence-corrected chi connectivity index (χ0v) is 22.0. The molecule has 4 rings (SSSR count). The summed E-state index contributed by atoms with van der Waals surface area (Å²) in [5.41, 5.74) is 3.30. The standard InChI is InChI=1S/C24H30N4O3S.2ClH/c1-3-31-23(29)18-28-17-19(24(25-28)22-9-6-16-32-22)10-11-26-12-14-27(15-13-26)20-7-4-5-8-21(20)30-2;;/h4-9,16-17H,3,10-15,18H2,1-2H3;2*1H. The number of rotatable bonds is 9. The molecule has 0 atom stereocenters. The number of thiophene rings is 1. The van der Waals surface area contributed by atoms with E-state index in [9.17, 15) is 4.79 Å². The number of methoxy groups -OCH3 is 1. The molecule has 0 unspecified atom stereocenters. The molecule has 0 radical (unpaired) electrons. The number of hydrogen-bond acceptors (Lipinski definition) is 7. The first kappa shape index (κ1) is 28.0. The van der Waals surface area contributed by atoms with Crippen molar-refractivity contribution in [1.82, 2.24) is 14.7 Å². The maximum atomic E-state index is 11.9. The molecule has 0 aliphatic carbocycles. The van der Waals surface area contributed by atoms with Gasteiger partial charge < -0.3 is 14.4 Å². The highest BCUT2D eigenvalue weighted by Gasteiger charge is 2.21. The molecule has 2 aromatic heterocycles. The summed E-state index contributed by atoms with van der Waals surface area (Å²) in [4.78, 5) is 17.9. The topological polar surface area (TPSA) is 59.8 Å². The average molecular weight is 528 g/mol. The van der Waals surface area contributed by atoms with Crippen LogP contribution in [0.5, 0.6) is 5.75 Å². The van der Waals surface area contributed by atoms with Crippen molar-refractivity contribution in [2.75, 3.05) is 51.3 Å². The largest absolute Gasteiger partial charge is 0.495 e. The highest BCUT2D eigenvalue weighted by molar-refractivity contribution is 7.13. The van der Waals surface area contributed by atoms with Crippen molar-refractivity contribution in [1.29, 1.82) is 0 Å². The van der Waals surface area contributed by atoms with Gasteiger partial charge in [-0.25, -0.2) is 0 Å². The highest BCUT2D eigenvalue weighted by Crippen LogP contribution is 2.29. The molecule has 3 heterocycles. The van der Waals surface area contributed by atoms with Gasteiger partial charge in [-0.3, -0.25) is 14.4 Å². The summed E-state index contributed by atoms with van der Waals surface area (Å²) >= 11 is 1.67. The van der Waals surface area contributed by atoms with E-state index in [-0.39, 0.29) is 37.3 Å². The molecule has 1 aromatic carbocycles. The maximum Gasteiger partial charge on any atom is 0.327 e. The lowest BCUT2D eigenvalue weighted by atomic mass is 10.1. The van der Waals surface area contributed by atoms with E-state index in [0.29, 0.717) is 6.61 Å². The molecule has 34 heavy (non-hydrogen) atoms. The Hall–Kier alpha value is -2.26. The van der Waals surface area contributed by atoms with Crippen molar-refractivity contribution in [2.45, 2.75) is 19.9 Å². The first-order valence-electron chi connectivity index (χ1n) is 11.0. The highest BCUT2D eigenvalue weighted by atomic mass is 35.5. The van der Waals surface area contributed by atoms with Crippen LogP contribution in [0.25, 0.3) is 10.6 Å². The lowest BCUT2D eigenvalue weighted by molar-refractivity contribution is -0.144. The normalized spacial score (nSPS) is 13.6. The van der Waals surface area contributed by atoms with E-state index in [1.165, 1.54) is 5.56 Å². The van der Waals surface area contributed by atoms with E-state index in [2.05, 4.69) is 33.4 Å². The van der Waals surface area contributed by atoms with Crippen LogP contribution in [0, 0.1) is 0 Å². The number of piperazine rings is 1. The second kappa shape index (κ2) is 13.6. The van der Waals surface area contributed by atoms with Gasteiger partial charge in [0.1, 0.15) is 18.0 Å². The summed E-state index contributed by atoms with van der Waals surface area (Å²) in [5, 5.41) is 6.75. The van der Waals surface area contributed by atoms with Crippen LogP contribution in [0.4, 0.5) is 5.69 Å². The molecule has 1 fully saturated rings. The van der Waals surface area contributed by atoms with Crippen LogP contribution in [0.3, 0.4) is 0 Å². The van der Waals surface area contributed by atoms with E-state index in [1.807, 2.05) is 31.3 Å². The number of para-hydroxylation sites is 2. The van der Waals surface area contributed by atoms with Gasteiger partial charge in [0.2, 0.25) is 0 Å². The summed E-state index contributed by atoms with van der Waals surface area (Å²) in [6.07, 6.45) is 2.89. The van der Waals surface area contributed by atoms with Crippen LogP contribution in [-0.2, 0) is 22.5 Å². The molecule has 1 aliphatic heterocycles. The fraction of sp³-hybridized carbons (Fsp3) is 0.417. The van der Waals surface area contributed by atoms with E-state index in [0.717, 1.165) is 61.2 Å². The van der Waals surface area contributed by atoms with Gasteiger partial charge in [-0.2, -0.15) is 5.10 Å². The number of carbonyl (C=O) groups excluding carboxylic acids is 1. The molecule has 0 bridgehead atoms. The van der Waals surface area contributed by atoms with Crippen molar-refractivity contribution in [3.8, 4) is 16.3 Å². The fourth-order valence-corrected chi connectivity index (χ4v) is 4.81. The summed E-state index contributed by atoms with van der Waals surface area (Å²) in [6.45, 7) is 7.25. The molecule has 0 spiro atoms. The van der Waals surface area contributed by atoms with Gasteiger partial charge in [0.25, 0.3) is 0 Å². The van der Waals surface area contributed by atoms with Crippen LogP contribution >= 0.6 is 36.2 Å². The van der Waals surface area contributed by atoms with Crippen LogP contribution in [0.2, 0.25) is 0 Å². The summed E-state index contributed by atoms with van der Waals surface area (Å²) in [6, 6.07) is 12.3. The Balaban J connectivity index is 0.00000204. The summed E-state index contributed by atoms with van der Waals surface area (Å²) in [7, 11) is 1.72. The lowest BCUT2D eigenvalue weighted by Gasteiger charge is -2.36. The SMILES string of the molecule is CCOC(=O)Cn1cc(CCN2CCN(c3ccccc3OC)CC2)c(-c2cccs2)n1.Cl.Cl. The number of benzene rings is 1. The monoisotopic (exact) mass is 526 g/mol. The molecule has 0 saturated carbocycles. The summed E-state index contributed by atoms with van der Waals surface area (Å²) < 4.78 is 12.3. The van der Waals surface area contributed by atoms with Crippen LogP contribution < -0.4 is 9.64 Å². The van der Waals surface area contributed by atoms with Gasteiger partial charge >= 0.3 is 5.97 Å². The Morgan fingerprint density at radius 3 is 2.53 bits per heavy atom. The molecule has 3 aromatic rings. The predicted octanol–water partition coefficient (Wildman–Crippen LogP) is 4.39. The molecular formula is C24H32Cl2N4O3S. The van der Waals surface area contributed by atoms with Gasteiger partial charge in [0, 0.05) is 44.5 Å². The second-order valence-corrected chi connectivity index (χ2v) is 8.68. The first-order valence-corrected chi connectivity index (χ1v) is 11.9. The Morgan fingerprint density at radius 1 is 1.09 bits per heavy atom. The number of hydrogen-bond donors (Lipinski definition) is 0. The quantitative estimate of drug-likeness (QED) is 0.385. The second-order valence-electron chi connectivity index (χ2n) is 7.73. The van der Waals surface area contributed by atoms with E-state index in [1.54, 1.807) is 23.1 Å². The van der Waals surface area contributed by atoms with Gasteiger partial charge in [0.05, 0.1) is 24.3 Å². The van der Waals surface area contributed by atoms with Gasteiger partial charge in [-0.15, -0.1) is 36.2 Å². The molecule has 0 amide bonds. The first-order chi connectivity index (χ1) is 15.7. The van der Waals surface area contributed by atoms with Gasteiger partial charge in [-0.05, 0) is 36.9 Å². The van der Waals surface area contributed by atoms with Crippen molar-refractivity contribution < 1.29 is 14.3 Å². The third kappa shape index (κ3) is 6.88. The Bertz CT molecular complexity index is 1020. The molecule has 186 valence electrons. The molecular weight excluding hydrogens is 495 g/mol. The van der Waals surface area contributed by atoms with Crippen LogP contribution in [-0.4, -0.2) is 67.1 Å². The maximum absolute atomic E-state index is 11.9. The molecule has 1 saturated heterocycles. The average Bonchev–Trinajstić information content (AvgIpc) is 3.48. The van der Waals surface area contributed by atoms with Gasteiger partial charge in [0.15, 0.2) is 0 Å². The third-order valence-corrected chi connectivity index (χ3v) is 6.56. The van der Waals surface area contributed by atoms with E-state index < -0.39 is 0 Å². The minimum Gasteiger partial charge on any atom is -0.495 e. The van der Waals surface area contributed by atoms with E-state index >= 15 is 0 Å². The fourth-order valence-electron chi connectivity index (χ4n) is 4.07. The number of nitrogens with zero attached hydrogens (tertiary/aromatic N) is 4. The molecule has 10 heteroatoms. The molecule has 0 N–H and O–H groups in total. The Kier molecular flexibility index (Phi) is 11.2. The number of anilines is 1. The van der Waals surface area contributed by atoms with Crippen LogP contribution in [0.1, 0.15) is 12.5 Å². The Morgan fingerprint density at radius 2 is 1.85 bits per heavy atom. The Labute approximate surface area is 217 Å². The minimum absolute atomic E-state index is 0. The van der Waals surface area contributed by atoms with Crippen molar-refractivity contribution >= 4 is 47.8 Å². The number of ether oxygens (including phenoxy) is 2. The number of carbonyl (C=O) groups is 1. The molecule has 1 aliphatic rings. The number of halogens is 2. The van der Waals surface area contributed by atoms with Crippen molar-refractivity contribution in [3.63, 3.8) is 0 Å². The van der Waals surface area contributed by atoms with E-state index in [4.69, 9.17) is 14.6 Å². The third-order valence-electron chi connectivity index (χ3n) is 5.68. The van der Waals surface area contributed by atoms with Crippen molar-refractivity contribution in [2.24, 2.45) is 0 Å². The zero-order chi connectivity index (χ0) is 22.3. The lowest BCUT2D eigenvalue weighted by Crippen LogP contribution is -2.47. The van der Waals surface area contributed by atoms with Crippen molar-refractivity contribution in [3.05, 3.63) is 53.5 Å².